The Morgan fingerprint density at radius 1 is 0.857 bits per heavy atom. The van der Waals surface area contributed by atoms with Gasteiger partial charge in [0.1, 0.15) is 47.8 Å². The van der Waals surface area contributed by atoms with Crippen LogP contribution >= 0.6 is 0 Å². The maximum Gasteiger partial charge on any atom is 0.201 e. The van der Waals surface area contributed by atoms with Gasteiger partial charge in [-0.25, -0.2) is 0 Å². The number of phenols is 2. The number of carbonyl (C=O) groups is 3. The minimum atomic E-state index is -2.23. The summed E-state index contributed by atoms with van der Waals surface area (Å²) in [5, 5.41) is 44.4. The third-order valence-electron chi connectivity index (χ3n) is 8.26. The maximum absolute atomic E-state index is 13.7. The van der Waals surface area contributed by atoms with Crippen molar-refractivity contribution in [3.8, 4) is 17.2 Å². The Bertz CT molecular complexity index is 1460. The second kappa shape index (κ2) is 10.7. The van der Waals surface area contributed by atoms with Gasteiger partial charge in [0.05, 0.1) is 24.3 Å². The first-order valence-electron chi connectivity index (χ1n) is 13.1. The van der Waals surface area contributed by atoms with E-state index in [1.165, 1.54) is 41.4 Å². The Kier molecular flexibility index (Phi) is 7.64. The molecule has 2 aromatic rings. The van der Waals surface area contributed by atoms with Gasteiger partial charge in [-0.1, -0.05) is 0 Å². The quantitative estimate of drug-likeness (QED) is 0.320. The lowest BCUT2D eigenvalue weighted by Crippen LogP contribution is -2.61. The number of hydrogen-bond acceptors (Lipinski definition) is 13. The van der Waals surface area contributed by atoms with Crippen LogP contribution in [-0.4, -0.2) is 109 Å². The maximum atomic E-state index is 13.7. The third-order valence-corrected chi connectivity index (χ3v) is 8.26. The highest BCUT2D eigenvalue weighted by Crippen LogP contribution is 2.49. The molecule has 0 radical (unpaired) electrons. The molecule has 13 heteroatoms. The first kappa shape index (κ1) is 30.0. The van der Waals surface area contributed by atoms with Crippen LogP contribution in [0.15, 0.2) is 18.2 Å². The highest BCUT2D eigenvalue weighted by molar-refractivity contribution is 6.31. The number of phenolic OH excluding ortho intramolecular Hbond substituents is 2. The van der Waals surface area contributed by atoms with Crippen molar-refractivity contribution < 1.29 is 63.2 Å². The van der Waals surface area contributed by atoms with Crippen LogP contribution in [0.2, 0.25) is 0 Å². The van der Waals surface area contributed by atoms with Crippen molar-refractivity contribution in [3.63, 3.8) is 0 Å². The van der Waals surface area contributed by atoms with Crippen LogP contribution in [0.5, 0.6) is 17.2 Å². The first-order chi connectivity index (χ1) is 19.8. The molecular weight excluding hydrogens is 556 g/mol. The van der Waals surface area contributed by atoms with Gasteiger partial charge in [-0.15, -0.1) is 0 Å². The average molecular weight is 589 g/mol. The second-order valence-corrected chi connectivity index (χ2v) is 10.6. The van der Waals surface area contributed by atoms with Gasteiger partial charge in [0.15, 0.2) is 23.5 Å². The number of carbonyl (C=O) groups excluding carboxylic acids is 3. The molecule has 2 aliphatic carbocycles. The summed E-state index contributed by atoms with van der Waals surface area (Å²) in [6, 6.07) is 3.53. The summed E-state index contributed by atoms with van der Waals surface area (Å²) in [7, 11) is 5.25. The zero-order valence-electron chi connectivity index (χ0n) is 23.7. The number of ketones is 3. The van der Waals surface area contributed by atoms with Gasteiger partial charge < -0.3 is 48.8 Å². The number of methoxy groups -OCH3 is 4. The van der Waals surface area contributed by atoms with E-state index in [9.17, 15) is 34.8 Å². The number of aliphatic hydroxyl groups is 2. The fourth-order valence-electron chi connectivity index (χ4n) is 6.14. The molecular formula is C29H32O13. The summed E-state index contributed by atoms with van der Waals surface area (Å²) in [4.78, 5) is 40.9. The zero-order chi connectivity index (χ0) is 30.8. The average Bonchev–Trinajstić information content (AvgIpc) is 2.94. The SMILES string of the molecule is COc1cc(O)c2c(c1)C(=O)c1cc3c(c(O)c1C2=O)[C@@H](O[C@H]1O[C@H](C)[C@H](OC)[C@@H](O)[C@@H]1OC)[C@H](OC)[C@@](C)(O)C3=O. The van der Waals surface area contributed by atoms with Crippen molar-refractivity contribution in [2.24, 2.45) is 0 Å². The number of aliphatic hydroxyl groups excluding tert-OH is 1. The Hall–Kier alpha value is -3.43. The molecule has 8 atom stereocenters. The molecule has 0 saturated carbocycles. The molecule has 0 unspecified atom stereocenters. The minimum absolute atomic E-state index is 0.112. The highest BCUT2D eigenvalue weighted by atomic mass is 16.7. The monoisotopic (exact) mass is 588 g/mol. The summed E-state index contributed by atoms with van der Waals surface area (Å²) in [5.74, 6) is -3.74. The summed E-state index contributed by atoms with van der Waals surface area (Å²) >= 11 is 0. The molecule has 1 heterocycles. The van der Waals surface area contributed by atoms with E-state index in [1.54, 1.807) is 6.92 Å². The van der Waals surface area contributed by atoms with Gasteiger partial charge in [0.2, 0.25) is 5.78 Å². The largest absolute Gasteiger partial charge is 0.507 e. The number of hydrogen-bond donors (Lipinski definition) is 4. The molecule has 1 fully saturated rings. The molecule has 4 N–H and O–H groups in total. The molecule has 5 rings (SSSR count). The third kappa shape index (κ3) is 4.23. The predicted octanol–water partition coefficient (Wildman–Crippen LogP) is 1.04. The minimum Gasteiger partial charge on any atom is -0.507 e. The molecule has 42 heavy (non-hydrogen) atoms. The van der Waals surface area contributed by atoms with Crippen molar-refractivity contribution in [2.75, 3.05) is 28.4 Å². The highest BCUT2D eigenvalue weighted by Gasteiger charge is 2.56. The van der Waals surface area contributed by atoms with E-state index in [-0.39, 0.29) is 33.6 Å². The zero-order valence-corrected chi connectivity index (χ0v) is 23.7. The Labute approximate surface area is 240 Å². The normalized spacial score (nSPS) is 32.3. The Morgan fingerprint density at radius 2 is 1.50 bits per heavy atom. The molecule has 226 valence electrons. The summed E-state index contributed by atoms with van der Waals surface area (Å²) < 4.78 is 33.5. The van der Waals surface area contributed by atoms with E-state index < -0.39 is 82.9 Å². The van der Waals surface area contributed by atoms with Crippen molar-refractivity contribution in [3.05, 3.63) is 51.6 Å². The van der Waals surface area contributed by atoms with Gasteiger partial charge >= 0.3 is 0 Å². The van der Waals surface area contributed by atoms with Gasteiger partial charge in [0, 0.05) is 49.6 Å². The Balaban J connectivity index is 1.69. The number of Topliss-reactive ketones (excluding diaryl/α,β-unsaturated/α-hetero) is 1. The molecule has 0 amide bonds. The topological polar surface area (TPSA) is 188 Å². The van der Waals surface area contributed by atoms with Gasteiger partial charge in [-0.05, 0) is 26.0 Å². The van der Waals surface area contributed by atoms with Crippen LogP contribution in [0.25, 0.3) is 0 Å². The van der Waals surface area contributed by atoms with Gasteiger partial charge in [-0.3, -0.25) is 14.4 Å². The van der Waals surface area contributed by atoms with Crippen LogP contribution in [0.1, 0.15) is 67.7 Å². The van der Waals surface area contributed by atoms with Crippen LogP contribution in [0, 0.1) is 0 Å². The van der Waals surface area contributed by atoms with Crippen molar-refractivity contribution in [1.29, 1.82) is 0 Å². The molecule has 13 nitrogen and oxygen atoms in total. The molecule has 0 aromatic heterocycles. The van der Waals surface area contributed by atoms with E-state index in [0.29, 0.717) is 0 Å². The predicted molar refractivity (Wildman–Crippen MR) is 141 cm³/mol. The Morgan fingerprint density at radius 3 is 2.10 bits per heavy atom. The van der Waals surface area contributed by atoms with E-state index in [2.05, 4.69) is 0 Å². The van der Waals surface area contributed by atoms with Crippen molar-refractivity contribution >= 4 is 17.3 Å². The smallest absolute Gasteiger partial charge is 0.201 e. The van der Waals surface area contributed by atoms with E-state index in [4.69, 9.17) is 28.4 Å². The first-order valence-corrected chi connectivity index (χ1v) is 13.1. The lowest BCUT2D eigenvalue weighted by atomic mass is 9.72. The van der Waals surface area contributed by atoms with Crippen LogP contribution in [0.3, 0.4) is 0 Å². The number of fused-ring (bicyclic) bond motifs is 3. The summed E-state index contributed by atoms with van der Waals surface area (Å²) in [5.41, 5.74) is -4.09. The van der Waals surface area contributed by atoms with Gasteiger partial charge in [-0.2, -0.15) is 0 Å². The molecule has 1 aliphatic heterocycles. The number of aromatic hydroxyl groups is 2. The van der Waals surface area contributed by atoms with Crippen LogP contribution < -0.4 is 4.74 Å². The fourth-order valence-corrected chi connectivity index (χ4v) is 6.14. The van der Waals surface area contributed by atoms with Crippen molar-refractivity contribution in [2.45, 2.75) is 62.4 Å². The number of ether oxygens (including phenoxy) is 6. The molecule has 0 spiro atoms. The fraction of sp³-hybridized carbons (Fsp3) is 0.483. The van der Waals surface area contributed by atoms with E-state index in [1.807, 2.05) is 0 Å². The summed E-state index contributed by atoms with van der Waals surface area (Å²) in [6.45, 7) is 2.83. The van der Waals surface area contributed by atoms with Gasteiger partial charge in [0.25, 0.3) is 0 Å². The molecule has 1 saturated heterocycles. The molecule has 0 bridgehead atoms. The van der Waals surface area contributed by atoms with Crippen LogP contribution in [0.4, 0.5) is 0 Å². The standard InChI is InChI=1S/C29H32O13/c1-10-23(38-4)22(34)25(39-5)28(41-10)42-24-18-14(26(35)29(2,36)27(24)40-6)9-13-17(21(18)33)20(32)16-12(19(13)31)7-11(37-3)8-15(16)30/h7-10,22-25,27-28,30,33-34,36H,1-6H3/t10-,22-,23+,24-,25+,27+,28-,29+/m1/s1. The van der Waals surface area contributed by atoms with E-state index >= 15 is 0 Å². The van der Waals surface area contributed by atoms with Crippen LogP contribution in [-0.2, 0) is 23.7 Å². The summed E-state index contributed by atoms with van der Waals surface area (Å²) in [6.07, 6.45) is -8.04. The molecule has 2 aromatic carbocycles. The number of benzene rings is 2. The lowest BCUT2D eigenvalue weighted by molar-refractivity contribution is -0.323. The number of rotatable bonds is 6. The van der Waals surface area contributed by atoms with E-state index in [0.717, 1.165) is 12.1 Å². The molecule has 3 aliphatic rings. The van der Waals surface area contributed by atoms with Crippen molar-refractivity contribution in [1.82, 2.24) is 0 Å². The second-order valence-electron chi connectivity index (χ2n) is 10.6. The lowest BCUT2D eigenvalue weighted by Gasteiger charge is -2.46.